The van der Waals surface area contributed by atoms with Crippen LogP contribution in [0.2, 0.25) is 0 Å². The molecule has 1 saturated heterocycles. The van der Waals surface area contributed by atoms with Crippen molar-refractivity contribution in [2.45, 2.75) is 32.2 Å². The summed E-state index contributed by atoms with van der Waals surface area (Å²) in [5.74, 6) is 1.33. The molecular weight excluding hydrogens is 282 g/mol. The largest absolute Gasteiger partial charge is 0.299 e. The Morgan fingerprint density at radius 2 is 1.95 bits per heavy atom. The van der Waals surface area contributed by atoms with Crippen molar-refractivity contribution < 1.29 is 4.79 Å². The molecule has 0 aromatic heterocycles. The van der Waals surface area contributed by atoms with Gasteiger partial charge in [0.15, 0.2) is 5.78 Å². The molecule has 1 aliphatic rings. The van der Waals surface area contributed by atoms with Gasteiger partial charge in [0.1, 0.15) is 0 Å². The lowest BCUT2D eigenvalue weighted by atomic mass is 9.91. The van der Waals surface area contributed by atoms with Gasteiger partial charge in [-0.1, -0.05) is 36.4 Å². The maximum absolute atomic E-state index is 11.6. The molecule has 0 spiro atoms. The molecule has 0 atom stereocenters. The minimum absolute atomic E-state index is 0.211. The zero-order chi connectivity index (χ0) is 14.9. The molecule has 0 N–H and O–H groups in total. The molecule has 0 radical (unpaired) electrons. The molecular formula is C18H24ClNO. The van der Waals surface area contributed by atoms with E-state index in [1.807, 2.05) is 0 Å². The van der Waals surface area contributed by atoms with Gasteiger partial charge in [-0.15, -0.1) is 11.6 Å². The molecule has 0 aliphatic carbocycles. The molecule has 0 unspecified atom stereocenters. The Morgan fingerprint density at radius 1 is 1.24 bits per heavy atom. The Bertz CT molecular complexity index is 450. The highest BCUT2D eigenvalue weighted by molar-refractivity contribution is 6.19. The maximum Gasteiger partial charge on any atom is 0.155 e. The van der Waals surface area contributed by atoms with Gasteiger partial charge in [-0.05, 0) is 49.9 Å². The zero-order valence-electron chi connectivity index (χ0n) is 12.5. The number of ketones is 1. The van der Waals surface area contributed by atoms with E-state index in [9.17, 15) is 4.79 Å². The minimum atomic E-state index is 0.211. The molecule has 21 heavy (non-hydrogen) atoms. The highest BCUT2D eigenvalue weighted by atomic mass is 35.5. The van der Waals surface area contributed by atoms with Gasteiger partial charge in [0.2, 0.25) is 0 Å². The topological polar surface area (TPSA) is 20.3 Å². The van der Waals surface area contributed by atoms with Crippen LogP contribution in [0.25, 0.3) is 0 Å². The number of carbonyl (C=O) groups is 1. The second kappa shape index (κ2) is 9.01. The first-order valence-corrected chi connectivity index (χ1v) is 8.33. The maximum atomic E-state index is 11.6. The van der Waals surface area contributed by atoms with Crippen LogP contribution in [0.1, 0.15) is 31.2 Å². The fourth-order valence-corrected chi connectivity index (χ4v) is 2.97. The van der Waals surface area contributed by atoms with Crippen LogP contribution >= 0.6 is 11.6 Å². The highest BCUT2D eigenvalue weighted by Gasteiger charge is 2.19. The van der Waals surface area contributed by atoms with E-state index < -0.39 is 0 Å². The SMILES string of the molecule is O=C(/C=C/CCl)CCC1CCN(Cc2ccccc2)CC1. The van der Waals surface area contributed by atoms with Crippen molar-refractivity contribution in [3.8, 4) is 0 Å². The molecule has 3 heteroatoms. The Kier molecular flexibility index (Phi) is 6.98. The number of nitrogens with zero attached hydrogens (tertiary/aromatic N) is 1. The number of likely N-dealkylation sites (tertiary alicyclic amines) is 1. The summed E-state index contributed by atoms with van der Waals surface area (Å²) in [7, 11) is 0. The standard InChI is InChI=1S/C18H24ClNO/c19-12-4-7-18(21)9-8-16-10-13-20(14-11-16)15-17-5-2-1-3-6-17/h1-7,16H,8-15H2/b7-4+. The van der Waals surface area contributed by atoms with Crippen LogP contribution in [0.3, 0.4) is 0 Å². The van der Waals surface area contributed by atoms with Gasteiger partial charge in [0.25, 0.3) is 0 Å². The van der Waals surface area contributed by atoms with Gasteiger partial charge in [-0.25, -0.2) is 0 Å². The van der Waals surface area contributed by atoms with Crippen molar-refractivity contribution in [2.75, 3.05) is 19.0 Å². The molecule has 1 aliphatic heterocycles. The summed E-state index contributed by atoms with van der Waals surface area (Å²) >= 11 is 5.53. The van der Waals surface area contributed by atoms with Crippen LogP contribution in [0.4, 0.5) is 0 Å². The number of piperidine rings is 1. The summed E-state index contributed by atoms with van der Waals surface area (Å²) in [5, 5.41) is 0. The van der Waals surface area contributed by atoms with Crippen LogP contribution in [0, 0.1) is 5.92 Å². The first kappa shape index (κ1) is 16.3. The van der Waals surface area contributed by atoms with Crippen LogP contribution < -0.4 is 0 Å². The average molecular weight is 306 g/mol. The Labute approximate surface area is 132 Å². The Hall–Kier alpha value is -1.12. The fourth-order valence-electron chi connectivity index (χ4n) is 2.88. The van der Waals surface area contributed by atoms with Crippen molar-refractivity contribution in [1.82, 2.24) is 4.90 Å². The predicted molar refractivity (Wildman–Crippen MR) is 88.5 cm³/mol. The Morgan fingerprint density at radius 3 is 2.62 bits per heavy atom. The third-order valence-corrected chi connectivity index (χ3v) is 4.33. The lowest BCUT2D eigenvalue weighted by molar-refractivity contribution is -0.115. The van der Waals surface area contributed by atoms with Gasteiger partial charge in [0, 0.05) is 18.8 Å². The van der Waals surface area contributed by atoms with E-state index >= 15 is 0 Å². The molecule has 0 bridgehead atoms. The lowest BCUT2D eigenvalue weighted by Crippen LogP contribution is -2.33. The highest BCUT2D eigenvalue weighted by Crippen LogP contribution is 2.23. The van der Waals surface area contributed by atoms with Crippen molar-refractivity contribution in [3.63, 3.8) is 0 Å². The number of hydrogen-bond acceptors (Lipinski definition) is 2. The number of allylic oxidation sites excluding steroid dienone is 2. The van der Waals surface area contributed by atoms with Gasteiger partial charge in [-0.2, -0.15) is 0 Å². The van der Waals surface area contributed by atoms with Gasteiger partial charge in [0.05, 0.1) is 0 Å². The van der Waals surface area contributed by atoms with Crippen LogP contribution in [0.15, 0.2) is 42.5 Å². The summed E-state index contributed by atoms with van der Waals surface area (Å²) in [6.45, 7) is 3.33. The van der Waals surface area contributed by atoms with E-state index in [1.165, 1.54) is 18.4 Å². The normalized spacial score (nSPS) is 17.4. The van der Waals surface area contributed by atoms with Crippen molar-refractivity contribution >= 4 is 17.4 Å². The smallest absolute Gasteiger partial charge is 0.155 e. The number of carbonyl (C=O) groups excluding carboxylic acids is 1. The van der Waals surface area contributed by atoms with Crippen molar-refractivity contribution in [2.24, 2.45) is 5.92 Å². The average Bonchev–Trinajstić information content (AvgIpc) is 2.53. The van der Waals surface area contributed by atoms with Gasteiger partial charge >= 0.3 is 0 Å². The van der Waals surface area contributed by atoms with E-state index in [0.29, 0.717) is 18.2 Å². The molecule has 1 aromatic carbocycles. The molecule has 0 saturated carbocycles. The third-order valence-electron chi connectivity index (χ3n) is 4.15. The quantitative estimate of drug-likeness (QED) is 0.559. The van der Waals surface area contributed by atoms with E-state index in [2.05, 4.69) is 35.2 Å². The van der Waals surface area contributed by atoms with Crippen LogP contribution in [-0.4, -0.2) is 29.7 Å². The van der Waals surface area contributed by atoms with E-state index in [1.54, 1.807) is 12.2 Å². The molecule has 1 aromatic rings. The van der Waals surface area contributed by atoms with Crippen LogP contribution in [-0.2, 0) is 11.3 Å². The monoisotopic (exact) mass is 305 g/mol. The van der Waals surface area contributed by atoms with Crippen LogP contribution in [0.5, 0.6) is 0 Å². The summed E-state index contributed by atoms with van der Waals surface area (Å²) in [6.07, 6.45) is 7.45. The number of hydrogen-bond donors (Lipinski definition) is 0. The van der Waals surface area contributed by atoms with Crippen molar-refractivity contribution in [3.05, 3.63) is 48.0 Å². The van der Waals surface area contributed by atoms with E-state index in [-0.39, 0.29) is 5.78 Å². The number of halogens is 1. The summed E-state index contributed by atoms with van der Waals surface area (Å²) < 4.78 is 0. The van der Waals surface area contributed by atoms with Crippen molar-refractivity contribution in [1.29, 1.82) is 0 Å². The molecule has 114 valence electrons. The third kappa shape index (κ3) is 6.03. The number of alkyl halides is 1. The number of benzene rings is 1. The predicted octanol–water partition coefficient (Wildman–Crippen LogP) is 4.04. The molecule has 2 nitrogen and oxygen atoms in total. The number of rotatable bonds is 7. The Balaban J connectivity index is 1.66. The first-order chi connectivity index (χ1) is 10.3. The molecule has 0 amide bonds. The molecule has 2 rings (SSSR count). The lowest BCUT2D eigenvalue weighted by Gasteiger charge is -2.31. The summed E-state index contributed by atoms with van der Waals surface area (Å²) in [5.41, 5.74) is 1.39. The molecule has 1 heterocycles. The zero-order valence-corrected chi connectivity index (χ0v) is 13.3. The molecule has 1 fully saturated rings. The summed E-state index contributed by atoms with van der Waals surface area (Å²) in [6, 6.07) is 10.6. The van der Waals surface area contributed by atoms with Gasteiger partial charge < -0.3 is 0 Å². The van der Waals surface area contributed by atoms with E-state index in [4.69, 9.17) is 11.6 Å². The fraction of sp³-hybridized carbons (Fsp3) is 0.500. The summed E-state index contributed by atoms with van der Waals surface area (Å²) in [4.78, 5) is 14.1. The van der Waals surface area contributed by atoms with Gasteiger partial charge in [-0.3, -0.25) is 9.69 Å². The second-order valence-electron chi connectivity index (χ2n) is 5.77. The minimum Gasteiger partial charge on any atom is -0.299 e. The van der Waals surface area contributed by atoms with E-state index in [0.717, 1.165) is 26.1 Å². The second-order valence-corrected chi connectivity index (χ2v) is 6.08. The first-order valence-electron chi connectivity index (χ1n) is 7.79.